The smallest absolute Gasteiger partial charge is 0.0704 e. The van der Waals surface area contributed by atoms with Crippen LogP contribution in [0.15, 0.2) is 36.5 Å². The maximum Gasteiger partial charge on any atom is 0.0704 e. The van der Waals surface area contributed by atoms with Crippen molar-refractivity contribution in [2.75, 3.05) is 6.54 Å². The number of rotatable bonds is 2. The van der Waals surface area contributed by atoms with Gasteiger partial charge in [0.25, 0.3) is 0 Å². The lowest BCUT2D eigenvalue weighted by Crippen LogP contribution is -2.01. The molecule has 0 bridgehead atoms. The fourth-order valence-electron chi connectivity index (χ4n) is 2.23. The predicted molar refractivity (Wildman–Crippen MR) is 61.6 cm³/mol. The first-order chi connectivity index (χ1) is 7.38. The second kappa shape index (κ2) is 3.31. The lowest BCUT2D eigenvalue weighted by atomic mass is 10.1. The molecule has 1 saturated carbocycles. The van der Waals surface area contributed by atoms with Gasteiger partial charge in [-0.15, -0.1) is 0 Å². The maximum atomic E-state index is 5.66. The van der Waals surface area contributed by atoms with Gasteiger partial charge in [-0.3, -0.25) is 4.98 Å². The Bertz CT molecular complexity index is 493. The average Bonchev–Trinajstić information content (AvgIpc) is 3.08. The van der Waals surface area contributed by atoms with E-state index in [0.717, 1.165) is 12.1 Å². The van der Waals surface area contributed by atoms with Crippen LogP contribution in [0.1, 0.15) is 17.9 Å². The first-order valence-electron chi connectivity index (χ1n) is 5.43. The highest BCUT2D eigenvalue weighted by Crippen LogP contribution is 2.46. The van der Waals surface area contributed by atoms with Crippen molar-refractivity contribution in [2.45, 2.75) is 12.3 Å². The number of aromatic nitrogens is 1. The summed E-state index contributed by atoms with van der Waals surface area (Å²) < 4.78 is 0. The molecule has 2 N–H and O–H groups in total. The van der Waals surface area contributed by atoms with Crippen LogP contribution in [-0.4, -0.2) is 11.5 Å². The highest BCUT2D eigenvalue weighted by Gasteiger charge is 2.36. The zero-order valence-corrected chi connectivity index (χ0v) is 8.56. The van der Waals surface area contributed by atoms with Crippen LogP contribution >= 0.6 is 0 Å². The number of nitrogens with two attached hydrogens (primary N) is 1. The Morgan fingerprint density at radius 2 is 2.27 bits per heavy atom. The summed E-state index contributed by atoms with van der Waals surface area (Å²) in [6, 6.07) is 10.6. The second-order valence-electron chi connectivity index (χ2n) is 4.29. The van der Waals surface area contributed by atoms with Gasteiger partial charge in [-0.1, -0.05) is 18.2 Å². The minimum absolute atomic E-state index is 0.682. The minimum Gasteiger partial charge on any atom is -0.330 e. The molecular formula is C13H14N2. The van der Waals surface area contributed by atoms with E-state index in [0.29, 0.717) is 11.8 Å². The highest BCUT2D eigenvalue weighted by atomic mass is 14.6. The zero-order valence-electron chi connectivity index (χ0n) is 8.56. The monoisotopic (exact) mass is 198 g/mol. The molecule has 2 heteroatoms. The molecule has 2 atom stereocenters. The fraction of sp³-hybridized carbons (Fsp3) is 0.308. The van der Waals surface area contributed by atoms with E-state index >= 15 is 0 Å². The molecule has 2 aromatic rings. The molecule has 1 aliphatic rings. The van der Waals surface area contributed by atoms with Crippen molar-refractivity contribution in [3.63, 3.8) is 0 Å². The molecule has 76 valence electrons. The van der Waals surface area contributed by atoms with Gasteiger partial charge in [0.15, 0.2) is 0 Å². The van der Waals surface area contributed by atoms with Crippen LogP contribution in [0.3, 0.4) is 0 Å². The number of nitrogens with zero attached hydrogens (tertiary/aromatic N) is 1. The summed E-state index contributed by atoms with van der Waals surface area (Å²) in [5, 5.41) is 1.21. The molecule has 2 nitrogen and oxygen atoms in total. The summed E-state index contributed by atoms with van der Waals surface area (Å²) in [7, 11) is 0. The molecule has 0 saturated heterocycles. The van der Waals surface area contributed by atoms with E-state index in [1.807, 2.05) is 12.3 Å². The molecule has 15 heavy (non-hydrogen) atoms. The molecule has 0 amide bonds. The Morgan fingerprint density at radius 3 is 3.07 bits per heavy atom. The molecule has 0 unspecified atom stereocenters. The van der Waals surface area contributed by atoms with E-state index < -0.39 is 0 Å². The largest absolute Gasteiger partial charge is 0.330 e. The molecule has 0 radical (unpaired) electrons. The van der Waals surface area contributed by atoms with Gasteiger partial charge in [-0.2, -0.15) is 0 Å². The van der Waals surface area contributed by atoms with Crippen molar-refractivity contribution >= 4 is 10.9 Å². The summed E-state index contributed by atoms with van der Waals surface area (Å²) in [5.41, 5.74) is 8.15. The molecule has 1 aromatic heterocycles. The summed E-state index contributed by atoms with van der Waals surface area (Å²) in [6.07, 6.45) is 3.09. The van der Waals surface area contributed by atoms with Crippen molar-refractivity contribution in [1.82, 2.24) is 4.98 Å². The Hall–Kier alpha value is -1.41. The Labute approximate surface area is 89.1 Å². The van der Waals surface area contributed by atoms with Gasteiger partial charge >= 0.3 is 0 Å². The summed E-state index contributed by atoms with van der Waals surface area (Å²) in [4.78, 5) is 4.37. The average molecular weight is 198 g/mol. The number of hydrogen-bond acceptors (Lipinski definition) is 2. The van der Waals surface area contributed by atoms with Crippen molar-refractivity contribution in [1.29, 1.82) is 0 Å². The van der Waals surface area contributed by atoms with Gasteiger partial charge in [0.05, 0.1) is 5.52 Å². The van der Waals surface area contributed by atoms with Crippen LogP contribution in [0.25, 0.3) is 10.9 Å². The topological polar surface area (TPSA) is 38.9 Å². The summed E-state index contributed by atoms with van der Waals surface area (Å²) in [5.74, 6) is 1.38. The van der Waals surface area contributed by atoms with Crippen LogP contribution in [0.5, 0.6) is 0 Å². The first kappa shape index (κ1) is 8.86. The van der Waals surface area contributed by atoms with Crippen molar-refractivity contribution in [3.8, 4) is 0 Å². The lowest BCUT2D eigenvalue weighted by Gasteiger charge is -2.01. The van der Waals surface area contributed by atoms with Crippen LogP contribution < -0.4 is 5.73 Å². The first-order valence-corrected chi connectivity index (χ1v) is 5.43. The summed E-state index contributed by atoms with van der Waals surface area (Å²) in [6.45, 7) is 0.810. The van der Waals surface area contributed by atoms with Crippen LogP contribution in [0, 0.1) is 5.92 Å². The zero-order chi connectivity index (χ0) is 10.3. The van der Waals surface area contributed by atoms with Gasteiger partial charge in [-0.05, 0) is 42.5 Å². The second-order valence-corrected chi connectivity index (χ2v) is 4.29. The van der Waals surface area contributed by atoms with Gasteiger partial charge < -0.3 is 5.73 Å². The van der Waals surface area contributed by atoms with Gasteiger partial charge in [0.2, 0.25) is 0 Å². The van der Waals surface area contributed by atoms with E-state index in [-0.39, 0.29) is 0 Å². The van der Waals surface area contributed by atoms with Gasteiger partial charge in [0.1, 0.15) is 0 Å². The number of benzene rings is 1. The molecule has 1 aromatic carbocycles. The van der Waals surface area contributed by atoms with Crippen molar-refractivity contribution in [3.05, 3.63) is 42.1 Å². The third kappa shape index (κ3) is 1.51. The minimum atomic E-state index is 0.682. The van der Waals surface area contributed by atoms with Crippen LogP contribution in [0.4, 0.5) is 0 Å². The van der Waals surface area contributed by atoms with E-state index in [4.69, 9.17) is 5.73 Å². The van der Waals surface area contributed by atoms with Gasteiger partial charge in [0, 0.05) is 11.6 Å². The van der Waals surface area contributed by atoms with Crippen molar-refractivity contribution in [2.24, 2.45) is 11.7 Å². The molecule has 3 rings (SSSR count). The third-order valence-corrected chi connectivity index (χ3v) is 3.28. The molecular weight excluding hydrogens is 184 g/mol. The normalized spacial score (nSPS) is 24.3. The molecule has 0 aliphatic heterocycles. The molecule has 0 spiro atoms. The molecule has 1 fully saturated rings. The van der Waals surface area contributed by atoms with E-state index in [2.05, 4.69) is 29.2 Å². The van der Waals surface area contributed by atoms with E-state index in [9.17, 15) is 0 Å². The standard InChI is InChI=1S/C13H14N2/c14-8-11-6-12(11)10-4-3-9-2-1-5-15-13(9)7-10/h1-5,7,11-12H,6,8,14H2/t11-,12-/m0/s1. The van der Waals surface area contributed by atoms with E-state index in [1.165, 1.54) is 17.4 Å². The summed E-state index contributed by atoms with van der Waals surface area (Å²) >= 11 is 0. The third-order valence-electron chi connectivity index (χ3n) is 3.28. The Kier molecular flexibility index (Phi) is 1.96. The Morgan fingerprint density at radius 1 is 1.33 bits per heavy atom. The molecule has 1 heterocycles. The quantitative estimate of drug-likeness (QED) is 0.804. The lowest BCUT2D eigenvalue weighted by molar-refractivity contribution is 0.810. The molecule has 1 aliphatic carbocycles. The fourth-order valence-corrected chi connectivity index (χ4v) is 2.23. The van der Waals surface area contributed by atoms with Crippen LogP contribution in [-0.2, 0) is 0 Å². The highest BCUT2D eigenvalue weighted by molar-refractivity contribution is 5.79. The predicted octanol–water partition coefficient (Wildman–Crippen LogP) is 2.30. The number of fused-ring (bicyclic) bond motifs is 1. The SMILES string of the molecule is NC[C@@H]1C[C@H]1c1ccc2cccnc2c1. The number of pyridine rings is 1. The van der Waals surface area contributed by atoms with Crippen molar-refractivity contribution < 1.29 is 0 Å². The maximum absolute atomic E-state index is 5.66. The van der Waals surface area contributed by atoms with Gasteiger partial charge in [-0.25, -0.2) is 0 Å². The Balaban J connectivity index is 2.00. The van der Waals surface area contributed by atoms with E-state index in [1.54, 1.807) is 0 Å². The van der Waals surface area contributed by atoms with Crippen LogP contribution in [0.2, 0.25) is 0 Å². The number of hydrogen-bond donors (Lipinski definition) is 1.